The Hall–Kier alpha value is -5.66. The van der Waals surface area contributed by atoms with Gasteiger partial charge < -0.3 is 54.7 Å². The molecule has 3 aliphatic rings. The number of β-amino-alcohol motifs (C(OH)–C–C–N with tert-alkyl or cyclic N) is 1. The van der Waals surface area contributed by atoms with Gasteiger partial charge in [-0.15, -0.1) is 21.5 Å². The number of rotatable bonds is 21. The van der Waals surface area contributed by atoms with Crippen LogP contribution in [0.25, 0.3) is 21.7 Å². The van der Waals surface area contributed by atoms with Crippen LogP contribution in [0.2, 0.25) is 0 Å². The molecule has 0 aliphatic carbocycles. The molecule has 352 valence electrons. The molecule has 3 aromatic heterocycles. The van der Waals surface area contributed by atoms with Crippen LogP contribution in [-0.4, -0.2) is 137 Å². The summed E-state index contributed by atoms with van der Waals surface area (Å²) in [6, 6.07) is 17.5. The summed E-state index contributed by atoms with van der Waals surface area (Å²) in [5.74, 6) is -0.414. The molecule has 3 fully saturated rings. The van der Waals surface area contributed by atoms with E-state index in [2.05, 4.69) is 35.5 Å². The molecule has 1 spiro atoms. The Bertz CT molecular complexity index is 2410. The number of aliphatic hydroxyl groups is 1. The predicted molar refractivity (Wildman–Crippen MR) is 250 cm³/mol. The van der Waals surface area contributed by atoms with E-state index in [4.69, 9.17) is 24.5 Å². The van der Waals surface area contributed by atoms with E-state index in [9.17, 15) is 19.8 Å². The summed E-state index contributed by atoms with van der Waals surface area (Å²) in [5, 5.41) is 36.4. The van der Waals surface area contributed by atoms with Crippen molar-refractivity contribution in [3.05, 3.63) is 83.2 Å². The summed E-state index contributed by atoms with van der Waals surface area (Å²) in [5.41, 5.74) is 13.4. The number of anilines is 2. The molecule has 5 N–H and O–H groups in total. The number of unbranched alkanes of at least 4 members (excludes halogenated alkanes) is 1. The fraction of sp³-hybridized carbons (Fsp3) is 0.500. The molecule has 3 saturated heterocycles. The molecular formula is C48H61N9O8S. The smallest absolute Gasteiger partial charge is 0.254 e. The lowest BCUT2D eigenvalue weighted by molar-refractivity contribution is -0.141. The molecule has 0 saturated carbocycles. The van der Waals surface area contributed by atoms with Gasteiger partial charge in [-0.1, -0.05) is 50.2 Å². The third-order valence-corrected chi connectivity index (χ3v) is 13.7. The first-order chi connectivity index (χ1) is 31.9. The maximum Gasteiger partial charge on any atom is 0.254 e. The highest BCUT2D eigenvalue weighted by atomic mass is 32.1. The fourth-order valence-electron chi connectivity index (χ4n) is 9.33. The van der Waals surface area contributed by atoms with Gasteiger partial charge in [-0.25, -0.2) is 4.98 Å². The van der Waals surface area contributed by atoms with E-state index in [0.717, 1.165) is 73.0 Å². The number of aromatic nitrogens is 4. The van der Waals surface area contributed by atoms with Gasteiger partial charge in [0.1, 0.15) is 24.3 Å². The van der Waals surface area contributed by atoms with E-state index < -0.39 is 18.1 Å². The zero-order valence-corrected chi connectivity index (χ0v) is 38.9. The van der Waals surface area contributed by atoms with Gasteiger partial charge >= 0.3 is 0 Å². The number of carbonyl (C=O) groups excluding carboxylic acids is 2. The minimum absolute atomic E-state index is 0.0459. The highest BCUT2D eigenvalue weighted by Gasteiger charge is 2.52. The van der Waals surface area contributed by atoms with Crippen LogP contribution in [0.1, 0.15) is 69.0 Å². The topological polar surface area (TPSA) is 215 Å². The number of ether oxygens (including phenoxy) is 3. The number of benzene rings is 2. The number of thiazole rings is 1. The van der Waals surface area contributed by atoms with Gasteiger partial charge in [0.2, 0.25) is 11.8 Å². The van der Waals surface area contributed by atoms with Crippen molar-refractivity contribution in [2.75, 3.05) is 82.9 Å². The van der Waals surface area contributed by atoms with E-state index in [-0.39, 0.29) is 60.4 Å². The normalized spacial score (nSPS) is 18.9. The third kappa shape index (κ3) is 10.8. The average molecular weight is 924 g/mol. The summed E-state index contributed by atoms with van der Waals surface area (Å²) in [7, 11) is 0. The van der Waals surface area contributed by atoms with Crippen LogP contribution in [0.4, 0.5) is 11.5 Å². The van der Waals surface area contributed by atoms with E-state index >= 15 is 0 Å². The van der Waals surface area contributed by atoms with Gasteiger partial charge in [-0.05, 0) is 73.6 Å². The molecule has 66 heavy (non-hydrogen) atoms. The van der Waals surface area contributed by atoms with Crippen molar-refractivity contribution in [2.45, 2.75) is 71.1 Å². The SMILES string of the molecule is Cc1ncsc1-c1ccc([C@H](C)NC(=O)[C@@H]2C[C@@H](O)CN2C(=O)[C@@H](c2cc(OCCOCCOCCCCN3CC4(C3)CN(c3cc(-c5ccccc5O)nnc3N)C4)no2)C(C)C)cc1. The van der Waals surface area contributed by atoms with E-state index in [0.29, 0.717) is 49.3 Å². The zero-order chi connectivity index (χ0) is 46.4. The Kier molecular flexibility index (Phi) is 14.8. The Morgan fingerprint density at radius 3 is 2.44 bits per heavy atom. The van der Waals surface area contributed by atoms with Crippen molar-refractivity contribution in [2.24, 2.45) is 11.3 Å². The number of likely N-dealkylation sites (tertiary alicyclic amines) is 2. The molecule has 0 unspecified atom stereocenters. The number of nitrogen functional groups attached to an aromatic ring is 1. The van der Waals surface area contributed by atoms with Crippen molar-refractivity contribution in [3.63, 3.8) is 0 Å². The standard InChI is InChI=1S/C48H61N9O8S/c1-30(2)43(47(61)57-24-35(58)21-39(57)46(60)51-31(3)33-11-13-34(14-12-33)44-32(4)50-29-66-44)41-23-42(54-65-41)64-20-19-63-18-17-62-16-8-7-15-55-25-48(26-55)27-56(28-48)38-22-37(52-53-45(38)49)36-9-5-6-10-40(36)59/h5-6,9-14,22-23,29-31,35,39,43,58-59H,7-8,15-21,24-28H2,1-4H3,(H2,49,53)(H,51,60)/t31-,35+,39-,43+/m0/s1. The van der Waals surface area contributed by atoms with Gasteiger partial charge in [-0.2, -0.15) is 0 Å². The number of hydrogen-bond donors (Lipinski definition) is 4. The molecule has 8 rings (SSSR count). The monoisotopic (exact) mass is 923 g/mol. The number of aromatic hydroxyl groups is 1. The third-order valence-electron chi connectivity index (χ3n) is 12.7. The Morgan fingerprint density at radius 2 is 1.71 bits per heavy atom. The highest BCUT2D eigenvalue weighted by Crippen LogP contribution is 2.44. The fourth-order valence-corrected chi connectivity index (χ4v) is 10.1. The Labute approximate surface area is 389 Å². The molecule has 4 atom stereocenters. The summed E-state index contributed by atoms with van der Waals surface area (Å²) < 4.78 is 22.9. The molecule has 6 heterocycles. The van der Waals surface area contributed by atoms with E-state index in [1.165, 1.54) is 4.90 Å². The molecule has 3 aliphatic heterocycles. The Morgan fingerprint density at radius 1 is 0.970 bits per heavy atom. The molecule has 2 aromatic carbocycles. The van der Waals surface area contributed by atoms with Gasteiger partial charge in [-0.3, -0.25) is 9.59 Å². The second-order valence-electron chi connectivity index (χ2n) is 18.2. The van der Waals surface area contributed by atoms with Crippen molar-refractivity contribution >= 4 is 34.7 Å². The van der Waals surface area contributed by atoms with Crippen LogP contribution in [0, 0.1) is 18.3 Å². The maximum atomic E-state index is 14.1. The van der Waals surface area contributed by atoms with Crippen molar-refractivity contribution in [3.8, 4) is 33.3 Å². The maximum absolute atomic E-state index is 14.1. The number of phenols is 1. The second-order valence-corrected chi connectivity index (χ2v) is 19.0. The zero-order valence-electron chi connectivity index (χ0n) is 38.1. The van der Waals surface area contributed by atoms with Gasteiger partial charge in [0, 0.05) is 62.8 Å². The molecular weight excluding hydrogens is 863 g/mol. The number of nitrogens with one attached hydrogen (secondary N) is 1. The lowest BCUT2D eigenvalue weighted by atomic mass is 9.72. The molecule has 0 radical (unpaired) electrons. The van der Waals surface area contributed by atoms with Gasteiger partial charge in [0.15, 0.2) is 11.6 Å². The van der Waals surface area contributed by atoms with E-state index in [1.807, 2.05) is 75.7 Å². The van der Waals surface area contributed by atoms with Crippen LogP contribution in [0.15, 0.2) is 70.7 Å². The van der Waals surface area contributed by atoms with Gasteiger partial charge in [0.25, 0.3) is 5.88 Å². The second kappa shape index (κ2) is 20.9. The van der Waals surface area contributed by atoms with Crippen molar-refractivity contribution < 1.29 is 38.5 Å². The number of para-hydroxylation sites is 1. The first-order valence-corrected chi connectivity index (χ1v) is 23.7. The molecule has 5 aromatic rings. The van der Waals surface area contributed by atoms with Crippen molar-refractivity contribution in [1.82, 2.24) is 35.5 Å². The lowest BCUT2D eigenvalue weighted by Crippen LogP contribution is -2.72. The number of aliphatic hydroxyl groups excluding tert-OH is 1. The number of nitrogens with zero attached hydrogens (tertiary/aromatic N) is 7. The van der Waals surface area contributed by atoms with E-state index in [1.54, 1.807) is 29.5 Å². The number of amides is 2. The lowest BCUT2D eigenvalue weighted by Gasteiger charge is -2.61. The number of hydrogen-bond acceptors (Lipinski definition) is 16. The number of nitrogens with two attached hydrogens (primary N) is 1. The highest BCUT2D eigenvalue weighted by molar-refractivity contribution is 7.13. The van der Waals surface area contributed by atoms with Crippen molar-refractivity contribution in [1.29, 1.82) is 0 Å². The largest absolute Gasteiger partial charge is 0.507 e. The molecule has 2 amide bonds. The quantitative estimate of drug-likeness (QED) is 0.0674. The van der Waals surface area contributed by atoms with Crippen LogP contribution in [0.3, 0.4) is 0 Å². The minimum atomic E-state index is -0.832. The van der Waals surface area contributed by atoms with Crippen LogP contribution < -0.4 is 20.7 Å². The first-order valence-electron chi connectivity index (χ1n) is 22.8. The summed E-state index contributed by atoms with van der Waals surface area (Å²) in [6.07, 6.45) is 1.34. The average Bonchev–Trinajstić information content (AvgIpc) is 4.03. The predicted octanol–water partition coefficient (Wildman–Crippen LogP) is 5.44. The number of phenolic OH excluding ortho intramolecular Hbond substituents is 1. The Balaban J connectivity index is 0.689. The summed E-state index contributed by atoms with van der Waals surface area (Å²) in [4.78, 5) is 39.4. The summed E-state index contributed by atoms with van der Waals surface area (Å²) in [6.45, 7) is 14.9. The van der Waals surface area contributed by atoms with Gasteiger partial charge in [0.05, 0.1) is 59.4 Å². The first kappa shape index (κ1) is 46.9. The van der Waals surface area contributed by atoms with Crippen LogP contribution in [-0.2, 0) is 19.1 Å². The summed E-state index contributed by atoms with van der Waals surface area (Å²) >= 11 is 1.59. The van der Waals surface area contributed by atoms with Crippen LogP contribution >= 0.6 is 11.3 Å². The molecule has 17 nitrogen and oxygen atoms in total. The van der Waals surface area contributed by atoms with Crippen LogP contribution in [0.5, 0.6) is 11.6 Å². The minimum Gasteiger partial charge on any atom is -0.507 e. The number of aryl methyl sites for hydroxylation is 1. The number of carbonyl (C=O) groups is 2. The molecule has 18 heteroatoms. The molecule has 0 bridgehead atoms.